The standard InChI is InChI=1S/C30H27F6N5O4/c1-39-12-17-9-16(39)13-40(17)27-21(31)7-8-24(37-27)41-14-20(25-22(32)10-19(44-2)11-23(25)33)26(29(41)43)38-28(42)15-3-5-18(6-4-15)45-30(34,35)36/h3-8,10-11,16-17,20,26H,9,12-14H2,1-2H3,(H,38,42)/t16-,17-,20-,26-/m0/s1. The highest BCUT2D eigenvalue weighted by Crippen LogP contribution is 2.39. The van der Waals surface area contributed by atoms with Crippen LogP contribution in [0.1, 0.15) is 28.3 Å². The number of alkyl halides is 3. The molecular weight excluding hydrogens is 608 g/mol. The van der Waals surface area contributed by atoms with E-state index in [-0.39, 0.29) is 41.6 Å². The van der Waals surface area contributed by atoms with Crippen molar-refractivity contribution in [1.82, 2.24) is 15.2 Å². The lowest BCUT2D eigenvalue weighted by Crippen LogP contribution is -2.45. The van der Waals surface area contributed by atoms with Crippen molar-refractivity contribution < 1.29 is 45.4 Å². The minimum atomic E-state index is -4.94. The Kier molecular flexibility index (Phi) is 7.75. The quantitative estimate of drug-likeness (QED) is 0.389. The number of rotatable bonds is 7. The second-order valence-electron chi connectivity index (χ2n) is 11.2. The fourth-order valence-electron chi connectivity index (χ4n) is 6.32. The van der Waals surface area contributed by atoms with E-state index in [2.05, 4.69) is 19.9 Å². The molecule has 2 bridgehead atoms. The van der Waals surface area contributed by atoms with E-state index in [1.54, 1.807) is 0 Å². The van der Waals surface area contributed by atoms with Gasteiger partial charge < -0.3 is 19.7 Å². The predicted octanol–water partition coefficient (Wildman–Crippen LogP) is 4.23. The zero-order valence-electron chi connectivity index (χ0n) is 23.9. The van der Waals surface area contributed by atoms with Crippen molar-refractivity contribution in [3.05, 3.63) is 77.1 Å². The third-order valence-corrected chi connectivity index (χ3v) is 8.49. The molecular formula is C30H27F6N5O4. The molecule has 3 aromatic rings. The Morgan fingerprint density at radius 1 is 0.933 bits per heavy atom. The third-order valence-electron chi connectivity index (χ3n) is 8.49. The number of ether oxygens (including phenoxy) is 2. The minimum absolute atomic E-state index is 0.0252. The molecule has 0 radical (unpaired) electrons. The SMILES string of the molecule is COc1cc(F)c([C@@H]2CN(c3ccc(F)c(N4C[C@@H]5C[C@H]4CN5C)n3)C(=O)[C@H]2NC(=O)c2ccc(OC(F)(F)F)cc2)c(F)c1. The summed E-state index contributed by atoms with van der Waals surface area (Å²) in [7, 11) is 3.21. The first kappa shape index (κ1) is 30.5. The first-order valence-corrected chi connectivity index (χ1v) is 14.0. The Morgan fingerprint density at radius 2 is 1.62 bits per heavy atom. The summed E-state index contributed by atoms with van der Waals surface area (Å²) in [6.45, 7) is 0.933. The first-order chi connectivity index (χ1) is 21.3. The molecule has 2 amide bonds. The zero-order valence-corrected chi connectivity index (χ0v) is 23.9. The summed E-state index contributed by atoms with van der Waals surface area (Å²) in [5.74, 6) is -6.17. The minimum Gasteiger partial charge on any atom is -0.497 e. The molecule has 1 aromatic heterocycles. The van der Waals surface area contributed by atoms with Gasteiger partial charge in [-0.05, 0) is 49.9 Å². The number of carbonyl (C=O) groups excluding carboxylic acids is 2. The molecule has 0 spiro atoms. The van der Waals surface area contributed by atoms with E-state index in [4.69, 9.17) is 4.74 Å². The lowest BCUT2D eigenvalue weighted by Gasteiger charge is -2.33. The number of benzene rings is 2. The second kappa shape index (κ2) is 11.4. The van der Waals surface area contributed by atoms with Crippen LogP contribution in [-0.2, 0) is 4.79 Å². The number of likely N-dealkylation sites (N-methyl/N-ethyl adjacent to an activating group) is 1. The maximum atomic E-state index is 15.3. The second-order valence-corrected chi connectivity index (χ2v) is 11.2. The van der Waals surface area contributed by atoms with Gasteiger partial charge in [0.2, 0.25) is 0 Å². The molecule has 15 heteroatoms. The van der Waals surface area contributed by atoms with Gasteiger partial charge in [0.05, 0.1) is 7.11 Å². The number of nitrogens with one attached hydrogen (secondary N) is 1. The number of methoxy groups -OCH3 is 1. The van der Waals surface area contributed by atoms with Crippen LogP contribution in [-0.4, -0.2) is 80.0 Å². The third kappa shape index (κ3) is 5.83. The van der Waals surface area contributed by atoms with Crippen molar-refractivity contribution in [2.24, 2.45) is 0 Å². The highest BCUT2D eigenvalue weighted by Gasteiger charge is 2.47. The van der Waals surface area contributed by atoms with Gasteiger partial charge in [-0.1, -0.05) is 0 Å². The van der Waals surface area contributed by atoms with Crippen molar-refractivity contribution in [2.75, 3.05) is 43.6 Å². The smallest absolute Gasteiger partial charge is 0.497 e. The molecule has 0 unspecified atom stereocenters. The average molecular weight is 636 g/mol. The Hall–Kier alpha value is -4.53. The van der Waals surface area contributed by atoms with E-state index in [1.807, 2.05) is 11.9 Å². The van der Waals surface area contributed by atoms with Gasteiger partial charge in [-0.2, -0.15) is 0 Å². The molecule has 3 saturated heterocycles. The van der Waals surface area contributed by atoms with Gasteiger partial charge >= 0.3 is 6.36 Å². The number of hydrogen-bond donors (Lipinski definition) is 1. The van der Waals surface area contributed by atoms with Crippen LogP contribution in [0, 0.1) is 17.5 Å². The normalized spacial score (nSPS) is 23.2. The molecule has 3 fully saturated rings. The molecule has 4 heterocycles. The summed E-state index contributed by atoms with van der Waals surface area (Å²) in [6, 6.07) is 6.99. The molecule has 2 aromatic carbocycles. The van der Waals surface area contributed by atoms with Crippen LogP contribution < -0.4 is 24.6 Å². The summed E-state index contributed by atoms with van der Waals surface area (Å²) >= 11 is 0. The average Bonchev–Trinajstić information content (AvgIpc) is 3.65. The Labute approximate surface area is 253 Å². The van der Waals surface area contributed by atoms with Gasteiger partial charge in [-0.3, -0.25) is 19.4 Å². The van der Waals surface area contributed by atoms with E-state index in [9.17, 15) is 22.8 Å². The summed E-state index contributed by atoms with van der Waals surface area (Å²) in [6.07, 6.45) is -4.11. The number of aromatic nitrogens is 1. The van der Waals surface area contributed by atoms with Crippen molar-refractivity contribution in [2.45, 2.75) is 36.8 Å². The maximum absolute atomic E-state index is 15.3. The lowest BCUT2D eigenvalue weighted by molar-refractivity contribution is -0.274. The summed E-state index contributed by atoms with van der Waals surface area (Å²) in [4.78, 5) is 36.6. The van der Waals surface area contributed by atoms with Gasteiger partial charge in [-0.25, -0.2) is 18.2 Å². The molecule has 0 aliphatic carbocycles. The number of likely N-dealkylation sites (tertiary alicyclic amines) is 1. The number of pyridine rings is 1. The number of fused-ring (bicyclic) bond motifs is 2. The molecule has 0 saturated carbocycles. The van der Waals surface area contributed by atoms with Crippen molar-refractivity contribution in [3.63, 3.8) is 0 Å². The van der Waals surface area contributed by atoms with Crippen molar-refractivity contribution in [1.29, 1.82) is 0 Å². The number of piperazine rings is 1. The Morgan fingerprint density at radius 3 is 2.20 bits per heavy atom. The van der Waals surface area contributed by atoms with Gasteiger partial charge in [0.15, 0.2) is 11.6 Å². The molecule has 3 aliphatic rings. The van der Waals surface area contributed by atoms with E-state index in [1.165, 1.54) is 19.2 Å². The highest BCUT2D eigenvalue weighted by atomic mass is 19.4. The lowest BCUT2D eigenvalue weighted by atomic mass is 9.92. The number of halogens is 6. The first-order valence-electron chi connectivity index (χ1n) is 14.0. The number of anilines is 2. The molecule has 1 N–H and O–H groups in total. The topological polar surface area (TPSA) is 87.2 Å². The van der Waals surface area contributed by atoms with Crippen molar-refractivity contribution in [3.8, 4) is 11.5 Å². The largest absolute Gasteiger partial charge is 0.573 e. The highest BCUT2D eigenvalue weighted by molar-refractivity contribution is 6.04. The predicted molar refractivity (Wildman–Crippen MR) is 149 cm³/mol. The summed E-state index contributed by atoms with van der Waals surface area (Å²) < 4.78 is 92.1. The van der Waals surface area contributed by atoms with Crippen molar-refractivity contribution >= 4 is 23.5 Å². The van der Waals surface area contributed by atoms with E-state index in [0.29, 0.717) is 13.1 Å². The molecule has 3 aliphatic heterocycles. The molecule has 238 valence electrons. The zero-order chi connectivity index (χ0) is 32.2. The number of carbonyl (C=O) groups is 2. The summed E-state index contributed by atoms with van der Waals surface area (Å²) in [5.41, 5.74) is -0.630. The molecule has 4 atom stereocenters. The fraction of sp³-hybridized carbons (Fsp3) is 0.367. The molecule has 9 nitrogen and oxygen atoms in total. The van der Waals surface area contributed by atoms with Crippen LogP contribution in [0.2, 0.25) is 0 Å². The van der Waals surface area contributed by atoms with Crippen LogP contribution >= 0.6 is 0 Å². The number of nitrogens with zero attached hydrogens (tertiary/aromatic N) is 4. The monoisotopic (exact) mass is 635 g/mol. The van der Waals surface area contributed by atoms with Gasteiger partial charge in [0, 0.05) is 60.9 Å². The number of hydrogen-bond acceptors (Lipinski definition) is 7. The van der Waals surface area contributed by atoms with E-state index in [0.717, 1.165) is 47.7 Å². The summed E-state index contributed by atoms with van der Waals surface area (Å²) in [5, 5.41) is 2.48. The van der Waals surface area contributed by atoms with Crippen LogP contribution in [0.5, 0.6) is 11.5 Å². The molecule has 6 rings (SSSR count). The van der Waals surface area contributed by atoms with E-state index >= 15 is 13.2 Å². The van der Waals surface area contributed by atoms with E-state index < -0.39 is 58.9 Å². The van der Waals surface area contributed by atoms with Crippen LogP contribution in [0.25, 0.3) is 0 Å². The fourth-order valence-corrected chi connectivity index (χ4v) is 6.32. The van der Waals surface area contributed by atoms with Crippen LogP contribution in [0.15, 0.2) is 48.5 Å². The van der Waals surface area contributed by atoms with Gasteiger partial charge in [0.1, 0.15) is 35.0 Å². The maximum Gasteiger partial charge on any atom is 0.573 e. The van der Waals surface area contributed by atoms with Gasteiger partial charge in [0.25, 0.3) is 11.8 Å². The Bertz CT molecular complexity index is 1610. The molecule has 45 heavy (non-hydrogen) atoms. The Balaban J connectivity index is 1.32. The van der Waals surface area contributed by atoms with Gasteiger partial charge in [-0.15, -0.1) is 13.2 Å². The van der Waals surface area contributed by atoms with Crippen LogP contribution in [0.3, 0.4) is 0 Å². The number of amides is 2. The van der Waals surface area contributed by atoms with Crippen LogP contribution in [0.4, 0.5) is 38.0 Å².